The quantitative estimate of drug-likeness (QED) is 0.176. The van der Waals surface area contributed by atoms with Crippen LogP contribution in [-0.4, -0.2) is 24.6 Å². The molecule has 3 aromatic rings. The number of rotatable bonds is 9. The minimum Gasteiger partial charge on any atom is -0.494 e. The standard InChI is InChI=1S/C28H26O5/c1-20-19-26(33-27(20)29)9-5-6-18-31-24-14-12-23(13-15-24)28(30)32-25-16-10-22(11-17-25)21-7-3-2-4-8-21/h2-4,7-8,10-17,26H,1,5-6,9,18-19H2. The van der Waals surface area contributed by atoms with Crippen molar-refractivity contribution in [2.24, 2.45) is 0 Å². The van der Waals surface area contributed by atoms with Crippen molar-refractivity contribution in [3.05, 3.63) is 96.6 Å². The van der Waals surface area contributed by atoms with E-state index in [1.54, 1.807) is 36.4 Å². The number of esters is 2. The summed E-state index contributed by atoms with van der Waals surface area (Å²) < 4.78 is 16.4. The van der Waals surface area contributed by atoms with Crippen LogP contribution in [0.25, 0.3) is 11.1 Å². The number of cyclic esters (lactones) is 1. The second-order valence-electron chi connectivity index (χ2n) is 7.98. The summed E-state index contributed by atoms with van der Waals surface area (Å²) in [6, 6.07) is 24.4. The molecule has 4 rings (SSSR count). The lowest BCUT2D eigenvalue weighted by molar-refractivity contribution is -0.139. The van der Waals surface area contributed by atoms with Crippen LogP contribution in [0.3, 0.4) is 0 Å². The highest BCUT2D eigenvalue weighted by Gasteiger charge is 2.26. The SMILES string of the molecule is C=C1CC(CCCCOc2ccc(C(=O)Oc3ccc(-c4ccccc4)cc3)cc2)OC1=O. The van der Waals surface area contributed by atoms with Crippen molar-refractivity contribution >= 4 is 11.9 Å². The minimum absolute atomic E-state index is 0.0511. The van der Waals surface area contributed by atoms with Crippen LogP contribution in [0.15, 0.2) is 91.0 Å². The Balaban J connectivity index is 1.20. The van der Waals surface area contributed by atoms with E-state index in [2.05, 4.69) is 6.58 Å². The Bertz CT molecular complexity index is 1090. The van der Waals surface area contributed by atoms with Crippen molar-refractivity contribution in [3.8, 4) is 22.6 Å². The average Bonchev–Trinajstić information content (AvgIpc) is 3.17. The van der Waals surface area contributed by atoms with Crippen molar-refractivity contribution in [1.29, 1.82) is 0 Å². The molecule has 0 amide bonds. The van der Waals surface area contributed by atoms with Crippen LogP contribution >= 0.6 is 0 Å². The fourth-order valence-corrected chi connectivity index (χ4v) is 3.66. The molecule has 5 heteroatoms. The number of ether oxygens (including phenoxy) is 3. The van der Waals surface area contributed by atoms with E-state index >= 15 is 0 Å². The molecule has 0 radical (unpaired) electrons. The highest BCUT2D eigenvalue weighted by atomic mass is 16.6. The van der Waals surface area contributed by atoms with Crippen molar-refractivity contribution in [2.45, 2.75) is 31.8 Å². The predicted octanol–water partition coefficient (Wildman–Crippen LogP) is 5.99. The molecule has 1 heterocycles. The van der Waals surface area contributed by atoms with Gasteiger partial charge < -0.3 is 14.2 Å². The number of carbonyl (C=O) groups is 2. The lowest BCUT2D eigenvalue weighted by Gasteiger charge is -2.10. The molecular formula is C28H26O5. The lowest BCUT2D eigenvalue weighted by atomic mass is 10.1. The summed E-state index contributed by atoms with van der Waals surface area (Å²) >= 11 is 0. The molecule has 1 fully saturated rings. The molecule has 33 heavy (non-hydrogen) atoms. The van der Waals surface area contributed by atoms with E-state index in [4.69, 9.17) is 14.2 Å². The Morgan fingerprint density at radius 1 is 0.879 bits per heavy atom. The zero-order valence-electron chi connectivity index (χ0n) is 18.4. The molecule has 0 N–H and O–H groups in total. The van der Waals surface area contributed by atoms with Crippen LogP contribution < -0.4 is 9.47 Å². The second-order valence-corrected chi connectivity index (χ2v) is 7.98. The highest BCUT2D eigenvalue weighted by Crippen LogP contribution is 2.24. The van der Waals surface area contributed by atoms with Gasteiger partial charge in [0, 0.05) is 12.0 Å². The molecule has 1 aliphatic rings. The maximum atomic E-state index is 12.4. The maximum absolute atomic E-state index is 12.4. The summed E-state index contributed by atoms with van der Waals surface area (Å²) in [5.74, 6) is 0.497. The number of hydrogen-bond donors (Lipinski definition) is 0. The second kappa shape index (κ2) is 10.6. The van der Waals surface area contributed by atoms with Crippen molar-refractivity contribution < 1.29 is 23.8 Å². The van der Waals surface area contributed by atoms with Gasteiger partial charge in [0.1, 0.15) is 17.6 Å². The Kier molecular flexibility index (Phi) is 7.20. The zero-order valence-corrected chi connectivity index (χ0v) is 18.4. The summed E-state index contributed by atoms with van der Waals surface area (Å²) in [5, 5.41) is 0. The van der Waals surface area contributed by atoms with Gasteiger partial charge in [0.25, 0.3) is 0 Å². The fraction of sp³-hybridized carbons (Fsp3) is 0.214. The van der Waals surface area contributed by atoms with Crippen LogP contribution in [0, 0.1) is 0 Å². The van der Waals surface area contributed by atoms with Gasteiger partial charge in [-0.1, -0.05) is 49.0 Å². The first kappa shape index (κ1) is 22.3. The van der Waals surface area contributed by atoms with Crippen molar-refractivity contribution in [1.82, 2.24) is 0 Å². The maximum Gasteiger partial charge on any atom is 0.343 e. The summed E-state index contributed by atoms with van der Waals surface area (Å²) in [4.78, 5) is 23.8. The van der Waals surface area contributed by atoms with Crippen LogP contribution in [0.4, 0.5) is 0 Å². The van der Waals surface area contributed by atoms with Crippen LogP contribution in [0.1, 0.15) is 36.0 Å². The largest absolute Gasteiger partial charge is 0.494 e. The van der Waals surface area contributed by atoms with Crippen LogP contribution in [0.2, 0.25) is 0 Å². The Labute approximate surface area is 193 Å². The zero-order chi connectivity index (χ0) is 23.0. The average molecular weight is 443 g/mol. The van der Waals surface area contributed by atoms with Gasteiger partial charge in [-0.2, -0.15) is 0 Å². The molecule has 0 spiro atoms. The third kappa shape index (κ3) is 6.10. The van der Waals surface area contributed by atoms with Gasteiger partial charge in [-0.25, -0.2) is 9.59 Å². The molecule has 1 saturated heterocycles. The van der Waals surface area contributed by atoms with E-state index in [0.717, 1.165) is 30.4 Å². The molecule has 0 bridgehead atoms. The van der Waals surface area contributed by atoms with E-state index < -0.39 is 5.97 Å². The first-order chi connectivity index (χ1) is 16.1. The van der Waals surface area contributed by atoms with E-state index in [9.17, 15) is 9.59 Å². The molecule has 5 nitrogen and oxygen atoms in total. The van der Waals surface area contributed by atoms with Gasteiger partial charge in [0.2, 0.25) is 0 Å². The summed E-state index contributed by atoms with van der Waals surface area (Å²) in [7, 11) is 0. The van der Waals surface area contributed by atoms with E-state index in [-0.39, 0.29) is 12.1 Å². The van der Waals surface area contributed by atoms with Gasteiger partial charge in [-0.05, 0) is 66.8 Å². The Morgan fingerprint density at radius 2 is 1.55 bits per heavy atom. The first-order valence-electron chi connectivity index (χ1n) is 11.1. The molecule has 0 aliphatic carbocycles. The van der Waals surface area contributed by atoms with Gasteiger partial charge in [-0.15, -0.1) is 0 Å². The molecule has 3 aromatic carbocycles. The fourth-order valence-electron chi connectivity index (χ4n) is 3.66. The summed E-state index contributed by atoms with van der Waals surface area (Å²) in [5.41, 5.74) is 3.18. The number of hydrogen-bond acceptors (Lipinski definition) is 5. The summed E-state index contributed by atoms with van der Waals surface area (Å²) in [6.07, 6.45) is 3.13. The predicted molar refractivity (Wildman–Crippen MR) is 126 cm³/mol. The third-order valence-corrected chi connectivity index (χ3v) is 5.49. The monoisotopic (exact) mass is 442 g/mol. The number of benzene rings is 3. The first-order valence-corrected chi connectivity index (χ1v) is 11.1. The lowest BCUT2D eigenvalue weighted by Crippen LogP contribution is -2.08. The van der Waals surface area contributed by atoms with Crippen molar-refractivity contribution in [3.63, 3.8) is 0 Å². The molecule has 0 saturated carbocycles. The van der Waals surface area contributed by atoms with Gasteiger partial charge in [-0.3, -0.25) is 0 Å². The molecule has 1 aliphatic heterocycles. The number of unbranched alkanes of at least 4 members (excludes halogenated alkanes) is 1. The minimum atomic E-state index is -0.415. The molecule has 168 valence electrons. The van der Waals surface area contributed by atoms with Crippen molar-refractivity contribution in [2.75, 3.05) is 6.61 Å². The normalized spacial score (nSPS) is 15.2. The smallest absolute Gasteiger partial charge is 0.343 e. The van der Waals surface area contributed by atoms with E-state index in [1.807, 2.05) is 42.5 Å². The van der Waals surface area contributed by atoms with Gasteiger partial charge in [0.05, 0.1) is 12.2 Å². The topological polar surface area (TPSA) is 61.8 Å². The molecule has 1 unspecified atom stereocenters. The Morgan fingerprint density at radius 3 is 2.21 bits per heavy atom. The van der Waals surface area contributed by atoms with Gasteiger partial charge >= 0.3 is 11.9 Å². The number of carbonyl (C=O) groups excluding carboxylic acids is 2. The molecule has 1 atom stereocenters. The molecular weight excluding hydrogens is 416 g/mol. The Hall–Kier alpha value is -3.86. The summed E-state index contributed by atoms with van der Waals surface area (Å²) in [6.45, 7) is 4.25. The highest BCUT2D eigenvalue weighted by molar-refractivity contribution is 5.91. The van der Waals surface area contributed by atoms with Crippen LogP contribution in [0.5, 0.6) is 11.5 Å². The van der Waals surface area contributed by atoms with E-state index in [0.29, 0.717) is 35.7 Å². The van der Waals surface area contributed by atoms with Crippen LogP contribution in [-0.2, 0) is 9.53 Å². The van der Waals surface area contributed by atoms with Gasteiger partial charge in [0.15, 0.2) is 0 Å². The third-order valence-electron chi connectivity index (χ3n) is 5.49. The van der Waals surface area contributed by atoms with E-state index in [1.165, 1.54) is 0 Å². The molecule has 0 aromatic heterocycles.